The first-order valence-electron chi connectivity index (χ1n) is 9.31. The Balaban J connectivity index is 1.66. The van der Waals surface area contributed by atoms with Gasteiger partial charge in [0.25, 0.3) is 5.91 Å². The van der Waals surface area contributed by atoms with Crippen molar-refractivity contribution in [2.75, 3.05) is 5.01 Å². The molecule has 1 amide bonds. The maximum Gasteiger partial charge on any atom is 0.339 e. The Kier molecular flexibility index (Phi) is 5.63. The van der Waals surface area contributed by atoms with Gasteiger partial charge in [0.1, 0.15) is 10.6 Å². The topological polar surface area (TPSA) is 76.0 Å². The summed E-state index contributed by atoms with van der Waals surface area (Å²) < 4.78 is 30.7. The summed E-state index contributed by atoms with van der Waals surface area (Å²) in [6, 6.07) is 21.3. The second-order valence-corrected chi connectivity index (χ2v) is 8.71. The molecule has 0 aromatic heterocycles. The van der Waals surface area contributed by atoms with Crippen LogP contribution in [0.5, 0.6) is 5.75 Å². The normalized spacial score (nSPS) is 15.3. The number of para-hydroxylation sites is 2. The Labute approximate surface area is 185 Å². The van der Waals surface area contributed by atoms with Gasteiger partial charge in [0.15, 0.2) is 0 Å². The van der Waals surface area contributed by atoms with Gasteiger partial charge in [0, 0.05) is 10.6 Å². The predicted molar refractivity (Wildman–Crippen MR) is 121 cm³/mol. The first-order valence-corrected chi connectivity index (χ1v) is 11.1. The van der Waals surface area contributed by atoms with Crippen molar-refractivity contribution in [2.45, 2.75) is 11.8 Å². The molecule has 0 N–H and O–H groups in total. The van der Waals surface area contributed by atoms with Gasteiger partial charge in [-0.05, 0) is 55.5 Å². The highest BCUT2D eigenvalue weighted by atomic mass is 35.5. The lowest BCUT2D eigenvalue weighted by molar-refractivity contribution is -0.114. The van der Waals surface area contributed by atoms with E-state index in [9.17, 15) is 13.2 Å². The molecular formula is C23H17ClN2O4S. The number of nitrogens with zero attached hydrogens (tertiary/aromatic N) is 2. The van der Waals surface area contributed by atoms with E-state index < -0.39 is 10.1 Å². The highest BCUT2D eigenvalue weighted by Crippen LogP contribution is 2.29. The Morgan fingerprint density at radius 2 is 1.58 bits per heavy atom. The van der Waals surface area contributed by atoms with Crippen LogP contribution in [0.2, 0.25) is 5.02 Å². The summed E-state index contributed by atoms with van der Waals surface area (Å²) in [5, 5.41) is 6.07. The van der Waals surface area contributed by atoms with Crippen LogP contribution in [0.4, 0.5) is 5.69 Å². The van der Waals surface area contributed by atoms with Crippen molar-refractivity contribution >= 4 is 45.1 Å². The van der Waals surface area contributed by atoms with Crippen molar-refractivity contribution in [3.63, 3.8) is 0 Å². The van der Waals surface area contributed by atoms with Gasteiger partial charge in [-0.1, -0.05) is 48.0 Å². The molecule has 1 aliphatic rings. The predicted octanol–water partition coefficient (Wildman–Crippen LogP) is 4.91. The molecule has 0 radical (unpaired) electrons. The molecule has 1 heterocycles. The summed E-state index contributed by atoms with van der Waals surface area (Å²) >= 11 is 5.84. The van der Waals surface area contributed by atoms with Gasteiger partial charge in [-0.15, -0.1) is 0 Å². The number of hydrogen-bond acceptors (Lipinski definition) is 5. The minimum absolute atomic E-state index is 0.0238. The lowest BCUT2D eigenvalue weighted by Gasteiger charge is -2.12. The van der Waals surface area contributed by atoms with E-state index in [0.717, 1.165) is 0 Å². The van der Waals surface area contributed by atoms with Gasteiger partial charge < -0.3 is 4.18 Å². The smallest absolute Gasteiger partial charge is 0.339 e. The lowest BCUT2D eigenvalue weighted by Crippen LogP contribution is -2.21. The van der Waals surface area contributed by atoms with E-state index in [1.165, 1.54) is 35.3 Å². The zero-order valence-electron chi connectivity index (χ0n) is 16.4. The fraction of sp³-hybridized carbons (Fsp3) is 0.0435. The van der Waals surface area contributed by atoms with Crippen molar-refractivity contribution < 1.29 is 17.4 Å². The fourth-order valence-corrected chi connectivity index (χ4v) is 4.11. The summed E-state index contributed by atoms with van der Waals surface area (Å²) in [6.45, 7) is 1.72. The first kappa shape index (κ1) is 20.8. The molecule has 0 bridgehead atoms. The van der Waals surface area contributed by atoms with Crippen LogP contribution < -0.4 is 9.19 Å². The number of hydrazone groups is 1. The molecule has 0 unspecified atom stereocenters. The number of amides is 1. The largest absolute Gasteiger partial charge is 0.378 e. The summed E-state index contributed by atoms with van der Waals surface area (Å²) in [6.07, 6.45) is 1.58. The molecule has 3 aromatic carbocycles. The molecule has 3 aromatic rings. The van der Waals surface area contributed by atoms with E-state index in [4.69, 9.17) is 15.8 Å². The Morgan fingerprint density at radius 3 is 2.29 bits per heavy atom. The average molecular weight is 453 g/mol. The second kappa shape index (κ2) is 8.37. The van der Waals surface area contributed by atoms with Crippen LogP contribution in [0.1, 0.15) is 12.5 Å². The Bertz CT molecular complexity index is 1300. The molecule has 0 saturated heterocycles. The van der Waals surface area contributed by atoms with Gasteiger partial charge in [-0.3, -0.25) is 4.79 Å². The number of hydrogen-bond donors (Lipinski definition) is 0. The number of carbonyl (C=O) groups excluding carboxylic acids is 1. The SMILES string of the molecule is CC1=NN(c2ccccc2)C(=O)/C1=C/c1ccccc1OS(=O)(=O)c1ccc(Cl)cc1. The van der Waals surface area contributed by atoms with Crippen LogP contribution in [0, 0.1) is 0 Å². The molecule has 4 rings (SSSR count). The quantitative estimate of drug-likeness (QED) is 0.407. The Hall–Kier alpha value is -3.42. The van der Waals surface area contributed by atoms with E-state index >= 15 is 0 Å². The summed E-state index contributed by atoms with van der Waals surface area (Å²) in [5.41, 5.74) is 1.95. The van der Waals surface area contributed by atoms with E-state index in [-0.39, 0.29) is 16.6 Å². The second-order valence-electron chi connectivity index (χ2n) is 6.73. The minimum Gasteiger partial charge on any atom is -0.378 e. The van der Waals surface area contributed by atoms with Gasteiger partial charge in [-0.2, -0.15) is 18.5 Å². The van der Waals surface area contributed by atoms with E-state index in [1.54, 1.807) is 43.3 Å². The van der Waals surface area contributed by atoms with Crippen LogP contribution in [0.15, 0.2) is 94.4 Å². The lowest BCUT2D eigenvalue weighted by atomic mass is 10.1. The molecule has 0 aliphatic carbocycles. The van der Waals surface area contributed by atoms with Gasteiger partial charge in [0.2, 0.25) is 0 Å². The Morgan fingerprint density at radius 1 is 0.935 bits per heavy atom. The van der Waals surface area contributed by atoms with E-state index in [2.05, 4.69) is 5.10 Å². The van der Waals surface area contributed by atoms with E-state index in [1.807, 2.05) is 18.2 Å². The molecule has 156 valence electrons. The summed E-state index contributed by atoms with van der Waals surface area (Å²) in [5.74, 6) is -0.206. The summed E-state index contributed by atoms with van der Waals surface area (Å²) in [7, 11) is -4.08. The minimum atomic E-state index is -4.08. The monoisotopic (exact) mass is 452 g/mol. The third-order valence-corrected chi connectivity index (χ3v) is 6.08. The van der Waals surface area contributed by atoms with Crippen LogP contribution >= 0.6 is 11.6 Å². The van der Waals surface area contributed by atoms with Crippen molar-refractivity contribution in [3.05, 3.63) is 95.0 Å². The van der Waals surface area contributed by atoms with Crippen molar-refractivity contribution in [3.8, 4) is 5.75 Å². The zero-order valence-corrected chi connectivity index (χ0v) is 18.0. The average Bonchev–Trinajstić information content (AvgIpc) is 3.04. The van der Waals surface area contributed by atoms with Gasteiger partial charge >= 0.3 is 10.1 Å². The molecule has 0 spiro atoms. The van der Waals surface area contributed by atoms with Crippen molar-refractivity contribution in [1.82, 2.24) is 0 Å². The molecule has 0 atom stereocenters. The number of benzene rings is 3. The van der Waals surface area contributed by atoms with E-state index in [0.29, 0.717) is 27.6 Å². The molecule has 0 fully saturated rings. The van der Waals surface area contributed by atoms with Crippen molar-refractivity contribution in [2.24, 2.45) is 5.10 Å². The standard InChI is InChI=1S/C23H17ClN2O4S/c1-16-21(23(27)26(25-16)19-8-3-2-4-9-19)15-17-7-5-6-10-22(17)30-31(28,29)20-13-11-18(24)12-14-20/h2-15H,1H3/b21-15+. The highest BCUT2D eigenvalue weighted by Gasteiger charge is 2.29. The molecule has 31 heavy (non-hydrogen) atoms. The molecule has 0 saturated carbocycles. The van der Waals surface area contributed by atoms with Crippen LogP contribution in [-0.2, 0) is 14.9 Å². The third-order valence-electron chi connectivity index (χ3n) is 4.58. The summed E-state index contributed by atoms with van der Waals surface area (Å²) in [4.78, 5) is 12.9. The zero-order chi connectivity index (χ0) is 22.0. The maximum atomic E-state index is 12.9. The number of rotatable bonds is 5. The van der Waals surface area contributed by atoms with Crippen LogP contribution in [0.25, 0.3) is 6.08 Å². The number of halogens is 1. The molecule has 6 nitrogen and oxygen atoms in total. The molecule has 8 heteroatoms. The van der Waals surface area contributed by atoms with Crippen LogP contribution in [-0.4, -0.2) is 20.0 Å². The number of carbonyl (C=O) groups is 1. The molecule has 1 aliphatic heterocycles. The van der Waals surface area contributed by atoms with Crippen LogP contribution in [0.3, 0.4) is 0 Å². The number of anilines is 1. The first-order chi connectivity index (χ1) is 14.8. The van der Waals surface area contributed by atoms with Crippen molar-refractivity contribution in [1.29, 1.82) is 0 Å². The fourth-order valence-electron chi connectivity index (χ4n) is 3.03. The maximum absolute atomic E-state index is 12.9. The van der Waals surface area contributed by atoms with Gasteiger partial charge in [-0.25, -0.2) is 0 Å². The van der Waals surface area contributed by atoms with Gasteiger partial charge in [0.05, 0.1) is 17.0 Å². The molecular weight excluding hydrogens is 436 g/mol. The third kappa shape index (κ3) is 4.38. The highest BCUT2D eigenvalue weighted by molar-refractivity contribution is 7.87.